The van der Waals surface area contributed by atoms with Crippen molar-refractivity contribution in [3.8, 4) is 11.1 Å². The van der Waals surface area contributed by atoms with Crippen molar-refractivity contribution in [2.45, 2.75) is 6.18 Å². The Morgan fingerprint density at radius 2 is 1.79 bits per heavy atom. The standard InChI is InChI=1S/C19H20F3N3O3S/c20-19(21,22)12-24-16(26)11-23-17(27)15-10-14(13-4-2-1-3-5-13)18(29-15)25-6-8-28-9-7-25/h1-5,10H,6-9,11-12H2,(H,23,27)(H,24,26). The van der Waals surface area contributed by atoms with Gasteiger partial charge in [0.2, 0.25) is 5.91 Å². The van der Waals surface area contributed by atoms with Gasteiger partial charge in [0.05, 0.1) is 29.6 Å². The summed E-state index contributed by atoms with van der Waals surface area (Å²) in [5.74, 6) is -1.40. The number of carbonyl (C=O) groups excluding carboxylic acids is 2. The van der Waals surface area contributed by atoms with Crippen LogP contribution in [-0.4, -0.2) is 57.4 Å². The first-order chi connectivity index (χ1) is 13.8. The predicted octanol–water partition coefficient (Wildman–Crippen LogP) is 2.66. The smallest absolute Gasteiger partial charge is 0.378 e. The van der Waals surface area contributed by atoms with Crippen LogP contribution in [0.1, 0.15) is 9.67 Å². The maximum atomic E-state index is 12.5. The topological polar surface area (TPSA) is 70.7 Å². The average molecular weight is 427 g/mol. The summed E-state index contributed by atoms with van der Waals surface area (Å²) in [6.07, 6.45) is -4.49. The van der Waals surface area contributed by atoms with Crippen LogP contribution in [0.3, 0.4) is 0 Å². The van der Waals surface area contributed by atoms with Crippen LogP contribution in [0.2, 0.25) is 0 Å². The van der Waals surface area contributed by atoms with Crippen molar-refractivity contribution in [2.75, 3.05) is 44.3 Å². The Balaban J connectivity index is 1.72. The molecule has 10 heteroatoms. The van der Waals surface area contributed by atoms with Crippen molar-refractivity contribution in [1.29, 1.82) is 0 Å². The molecule has 1 aromatic carbocycles. The van der Waals surface area contributed by atoms with Gasteiger partial charge < -0.3 is 20.3 Å². The fourth-order valence-corrected chi connectivity index (χ4v) is 3.98. The van der Waals surface area contributed by atoms with Gasteiger partial charge in [0.15, 0.2) is 0 Å². The quantitative estimate of drug-likeness (QED) is 0.744. The number of morpholine rings is 1. The number of ether oxygens (including phenoxy) is 1. The normalized spacial score (nSPS) is 14.5. The van der Waals surface area contributed by atoms with Gasteiger partial charge in [-0.3, -0.25) is 9.59 Å². The summed E-state index contributed by atoms with van der Waals surface area (Å²) in [4.78, 5) is 26.5. The van der Waals surface area contributed by atoms with Crippen molar-refractivity contribution >= 4 is 28.2 Å². The van der Waals surface area contributed by atoms with Crippen LogP contribution in [0.25, 0.3) is 11.1 Å². The van der Waals surface area contributed by atoms with Crippen LogP contribution in [0.5, 0.6) is 0 Å². The van der Waals surface area contributed by atoms with E-state index in [1.807, 2.05) is 30.3 Å². The summed E-state index contributed by atoms with van der Waals surface area (Å²) in [5, 5.41) is 5.03. The molecule has 3 rings (SSSR count). The third-order valence-corrected chi connectivity index (χ3v) is 5.41. The van der Waals surface area contributed by atoms with E-state index in [0.29, 0.717) is 31.2 Å². The van der Waals surface area contributed by atoms with Crippen LogP contribution in [0, 0.1) is 0 Å². The van der Waals surface area contributed by atoms with E-state index in [9.17, 15) is 22.8 Å². The molecule has 156 valence electrons. The number of rotatable bonds is 6. The molecule has 1 aliphatic rings. The number of anilines is 1. The Bertz CT molecular complexity index is 849. The summed E-state index contributed by atoms with van der Waals surface area (Å²) < 4.78 is 41.8. The monoisotopic (exact) mass is 427 g/mol. The van der Waals surface area contributed by atoms with Gasteiger partial charge in [-0.15, -0.1) is 11.3 Å². The van der Waals surface area contributed by atoms with Gasteiger partial charge in [-0.1, -0.05) is 30.3 Å². The Morgan fingerprint density at radius 3 is 2.45 bits per heavy atom. The van der Waals surface area contributed by atoms with Crippen molar-refractivity contribution in [1.82, 2.24) is 10.6 Å². The minimum absolute atomic E-state index is 0.383. The van der Waals surface area contributed by atoms with Crippen LogP contribution < -0.4 is 15.5 Å². The van der Waals surface area contributed by atoms with Gasteiger partial charge in [-0.2, -0.15) is 13.2 Å². The number of nitrogens with one attached hydrogen (secondary N) is 2. The zero-order valence-corrected chi connectivity index (χ0v) is 16.2. The van der Waals surface area contributed by atoms with Crippen molar-refractivity contribution < 1.29 is 27.5 Å². The number of alkyl halides is 3. The van der Waals surface area contributed by atoms with Gasteiger partial charge >= 0.3 is 6.18 Å². The van der Waals surface area contributed by atoms with Crippen molar-refractivity contribution in [2.24, 2.45) is 0 Å². The molecule has 0 unspecified atom stereocenters. The van der Waals surface area contributed by atoms with E-state index in [1.54, 1.807) is 11.4 Å². The van der Waals surface area contributed by atoms with Crippen molar-refractivity contribution in [3.05, 3.63) is 41.3 Å². The minimum atomic E-state index is -4.49. The molecule has 1 fully saturated rings. The second-order valence-electron chi connectivity index (χ2n) is 6.37. The molecule has 6 nitrogen and oxygen atoms in total. The molecule has 1 aromatic heterocycles. The van der Waals surface area contributed by atoms with Gasteiger partial charge in [0.1, 0.15) is 6.54 Å². The van der Waals surface area contributed by atoms with E-state index in [1.165, 1.54) is 11.3 Å². The van der Waals surface area contributed by atoms with Crippen LogP contribution >= 0.6 is 11.3 Å². The first kappa shape index (κ1) is 21.1. The maximum absolute atomic E-state index is 12.5. The number of nitrogens with zero attached hydrogens (tertiary/aromatic N) is 1. The Hall–Kier alpha value is -2.59. The number of thiophene rings is 1. The number of hydrogen-bond donors (Lipinski definition) is 2. The number of halogens is 3. The van der Waals surface area contributed by atoms with Crippen LogP contribution in [0.4, 0.5) is 18.2 Å². The molecular weight excluding hydrogens is 407 g/mol. The number of hydrogen-bond acceptors (Lipinski definition) is 5. The molecule has 0 bridgehead atoms. The van der Waals surface area contributed by atoms with Gasteiger partial charge in [0, 0.05) is 18.7 Å². The average Bonchev–Trinajstić information content (AvgIpc) is 3.17. The summed E-state index contributed by atoms with van der Waals surface area (Å²) in [6, 6.07) is 11.3. The summed E-state index contributed by atoms with van der Waals surface area (Å²) in [6.45, 7) is 0.614. The highest BCUT2D eigenvalue weighted by Crippen LogP contribution is 2.39. The molecule has 2 aromatic rings. The Labute approximate surface area is 169 Å². The number of amides is 2. The third-order valence-electron chi connectivity index (χ3n) is 4.21. The zero-order chi connectivity index (χ0) is 20.9. The van der Waals surface area contributed by atoms with E-state index < -0.39 is 31.1 Å². The molecule has 0 saturated carbocycles. The highest BCUT2D eigenvalue weighted by Gasteiger charge is 2.28. The molecule has 2 amide bonds. The summed E-state index contributed by atoms with van der Waals surface area (Å²) in [7, 11) is 0. The molecule has 0 spiro atoms. The molecule has 1 aliphatic heterocycles. The largest absolute Gasteiger partial charge is 0.405 e. The molecule has 29 heavy (non-hydrogen) atoms. The number of carbonyl (C=O) groups is 2. The highest BCUT2D eigenvalue weighted by atomic mass is 32.1. The second kappa shape index (κ2) is 9.27. The third kappa shape index (κ3) is 5.94. The predicted molar refractivity (Wildman–Crippen MR) is 104 cm³/mol. The lowest BCUT2D eigenvalue weighted by Gasteiger charge is -2.28. The lowest BCUT2D eigenvalue weighted by atomic mass is 10.1. The van der Waals surface area contributed by atoms with Crippen molar-refractivity contribution in [3.63, 3.8) is 0 Å². The van der Waals surface area contributed by atoms with Gasteiger partial charge in [-0.05, 0) is 11.6 Å². The van der Waals surface area contributed by atoms with Gasteiger partial charge in [0.25, 0.3) is 5.91 Å². The SMILES string of the molecule is O=C(CNC(=O)c1cc(-c2ccccc2)c(N2CCOCC2)s1)NCC(F)(F)F. The molecule has 2 heterocycles. The minimum Gasteiger partial charge on any atom is -0.378 e. The van der Waals surface area contributed by atoms with E-state index in [4.69, 9.17) is 4.74 Å². The second-order valence-corrected chi connectivity index (χ2v) is 7.40. The first-order valence-electron chi connectivity index (χ1n) is 8.97. The lowest BCUT2D eigenvalue weighted by molar-refractivity contribution is -0.137. The van der Waals surface area contributed by atoms with Crippen LogP contribution in [-0.2, 0) is 9.53 Å². The zero-order valence-electron chi connectivity index (χ0n) is 15.4. The molecule has 1 saturated heterocycles. The van der Waals surface area contributed by atoms with E-state index >= 15 is 0 Å². The Morgan fingerprint density at radius 1 is 1.10 bits per heavy atom. The summed E-state index contributed by atoms with van der Waals surface area (Å²) in [5.41, 5.74) is 1.84. The fraction of sp³-hybridized carbons (Fsp3) is 0.368. The molecular formula is C19H20F3N3O3S. The Kier molecular flexibility index (Phi) is 6.75. The summed E-state index contributed by atoms with van der Waals surface area (Å²) >= 11 is 1.28. The van der Waals surface area contributed by atoms with Gasteiger partial charge in [-0.25, -0.2) is 0 Å². The van der Waals surface area contributed by atoms with Crippen LogP contribution in [0.15, 0.2) is 36.4 Å². The molecule has 2 N–H and O–H groups in total. The van der Waals surface area contributed by atoms with E-state index in [0.717, 1.165) is 16.1 Å². The lowest BCUT2D eigenvalue weighted by Crippen LogP contribution is -2.40. The molecule has 0 aliphatic carbocycles. The first-order valence-corrected chi connectivity index (χ1v) is 9.79. The highest BCUT2D eigenvalue weighted by molar-refractivity contribution is 7.18. The molecule has 0 radical (unpaired) electrons. The van der Waals surface area contributed by atoms with E-state index in [2.05, 4.69) is 10.2 Å². The maximum Gasteiger partial charge on any atom is 0.405 e. The molecule has 0 atom stereocenters. The fourth-order valence-electron chi connectivity index (χ4n) is 2.83. The number of benzene rings is 1. The van der Waals surface area contributed by atoms with E-state index in [-0.39, 0.29) is 0 Å².